The highest BCUT2D eigenvalue weighted by Crippen LogP contribution is 2.28. The van der Waals surface area contributed by atoms with Gasteiger partial charge in [0.05, 0.1) is 17.3 Å². The number of aromatic nitrogens is 1. The second-order valence-electron chi connectivity index (χ2n) is 4.82. The van der Waals surface area contributed by atoms with Gasteiger partial charge in [0.2, 0.25) is 5.76 Å². The number of anilines is 1. The van der Waals surface area contributed by atoms with Gasteiger partial charge in [-0.15, -0.1) is 0 Å². The monoisotopic (exact) mass is 322 g/mol. The zero-order valence-electron chi connectivity index (χ0n) is 12.9. The molecular weight excluding hydrogens is 304 g/mol. The highest BCUT2D eigenvalue weighted by molar-refractivity contribution is 6.32. The van der Waals surface area contributed by atoms with Gasteiger partial charge < -0.3 is 14.5 Å². The van der Waals surface area contributed by atoms with E-state index in [0.29, 0.717) is 41.1 Å². The Morgan fingerprint density at radius 2 is 2.18 bits per heavy atom. The van der Waals surface area contributed by atoms with Crippen LogP contribution in [0.15, 0.2) is 22.6 Å². The van der Waals surface area contributed by atoms with E-state index in [1.165, 1.54) is 0 Å². The number of benzene rings is 1. The van der Waals surface area contributed by atoms with Crippen LogP contribution in [-0.2, 0) is 6.42 Å². The van der Waals surface area contributed by atoms with Gasteiger partial charge in [0.15, 0.2) is 5.89 Å². The molecule has 0 spiro atoms. The second-order valence-corrected chi connectivity index (χ2v) is 5.23. The fraction of sp³-hybridized carbons (Fsp3) is 0.375. The van der Waals surface area contributed by atoms with Crippen molar-refractivity contribution < 1.29 is 13.9 Å². The number of aryl methyl sites for hydroxylation is 2. The first kappa shape index (κ1) is 16.4. The standard InChI is InChI=1S/C16H19ClN2O3/c1-4-8-21-13-7-6-11(9-12(13)17)19-16(20)15-10(3)18-14(5-2)22-15/h6-7,9H,4-5,8H2,1-3H3,(H,19,20). The Balaban J connectivity index is 2.11. The lowest BCUT2D eigenvalue weighted by atomic mass is 10.2. The maximum atomic E-state index is 12.2. The molecule has 2 rings (SSSR count). The van der Waals surface area contributed by atoms with Gasteiger partial charge in [-0.3, -0.25) is 4.79 Å². The van der Waals surface area contributed by atoms with Crippen LogP contribution >= 0.6 is 11.6 Å². The first-order chi connectivity index (χ1) is 10.5. The summed E-state index contributed by atoms with van der Waals surface area (Å²) in [6, 6.07) is 5.12. The van der Waals surface area contributed by atoms with E-state index in [0.717, 1.165) is 6.42 Å². The highest BCUT2D eigenvalue weighted by Gasteiger charge is 2.17. The van der Waals surface area contributed by atoms with Gasteiger partial charge in [0.1, 0.15) is 5.75 Å². The van der Waals surface area contributed by atoms with Gasteiger partial charge in [0.25, 0.3) is 5.91 Å². The Hall–Kier alpha value is -2.01. The van der Waals surface area contributed by atoms with Crippen molar-refractivity contribution in [3.63, 3.8) is 0 Å². The fourth-order valence-electron chi connectivity index (χ4n) is 1.91. The molecule has 6 heteroatoms. The largest absolute Gasteiger partial charge is 0.492 e. The molecule has 0 atom stereocenters. The topological polar surface area (TPSA) is 64.4 Å². The summed E-state index contributed by atoms with van der Waals surface area (Å²) in [6.07, 6.45) is 1.54. The lowest BCUT2D eigenvalue weighted by Gasteiger charge is -2.09. The highest BCUT2D eigenvalue weighted by atomic mass is 35.5. The molecule has 0 aliphatic carbocycles. The molecule has 118 valence electrons. The molecule has 0 aliphatic rings. The summed E-state index contributed by atoms with van der Waals surface area (Å²) in [4.78, 5) is 16.4. The van der Waals surface area contributed by atoms with Crippen molar-refractivity contribution in [1.82, 2.24) is 4.98 Å². The SMILES string of the molecule is CCCOc1ccc(NC(=O)c2oc(CC)nc2C)cc1Cl. The molecule has 0 bridgehead atoms. The minimum absolute atomic E-state index is 0.222. The zero-order valence-corrected chi connectivity index (χ0v) is 13.7. The van der Waals surface area contributed by atoms with Crippen molar-refractivity contribution in [1.29, 1.82) is 0 Å². The molecule has 22 heavy (non-hydrogen) atoms. The third kappa shape index (κ3) is 3.80. The van der Waals surface area contributed by atoms with E-state index in [1.807, 2.05) is 13.8 Å². The van der Waals surface area contributed by atoms with Gasteiger partial charge >= 0.3 is 0 Å². The second kappa shape index (κ2) is 7.31. The molecular formula is C16H19ClN2O3. The Labute approximate surface area is 134 Å². The molecule has 1 amide bonds. The van der Waals surface area contributed by atoms with E-state index >= 15 is 0 Å². The van der Waals surface area contributed by atoms with Crippen molar-refractivity contribution in [2.45, 2.75) is 33.6 Å². The maximum Gasteiger partial charge on any atom is 0.293 e. The normalized spacial score (nSPS) is 10.5. The lowest BCUT2D eigenvalue weighted by molar-refractivity contribution is 0.0994. The molecule has 1 aromatic carbocycles. The van der Waals surface area contributed by atoms with Crippen LogP contribution in [0.1, 0.15) is 42.4 Å². The predicted octanol–water partition coefficient (Wildman–Crippen LogP) is 4.24. The molecule has 1 heterocycles. The van der Waals surface area contributed by atoms with Crippen LogP contribution in [0.3, 0.4) is 0 Å². The number of rotatable bonds is 6. The number of hydrogen-bond donors (Lipinski definition) is 1. The number of nitrogens with zero attached hydrogens (tertiary/aromatic N) is 1. The van der Waals surface area contributed by atoms with Crippen LogP contribution in [-0.4, -0.2) is 17.5 Å². The van der Waals surface area contributed by atoms with Crippen LogP contribution in [0.5, 0.6) is 5.75 Å². The molecule has 5 nitrogen and oxygen atoms in total. The van der Waals surface area contributed by atoms with E-state index in [-0.39, 0.29) is 11.7 Å². The molecule has 2 aromatic rings. The third-order valence-corrected chi connectivity index (χ3v) is 3.30. The summed E-state index contributed by atoms with van der Waals surface area (Å²) in [6.45, 7) is 6.28. The quantitative estimate of drug-likeness (QED) is 0.864. The van der Waals surface area contributed by atoms with Crippen LogP contribution in [0.2, 0.25) is 5.02 Å². The van der Waals surface area contributed by atoms with Crippen LogP contribution < -0.4 is 10.1 Å². The Morgan fingerprint density at radius 1 is 1.41 bits per heavy atom. The third-order valence-electron chi connectivity index (χ3n) is 3.00. The summed E-state index contributed by atoms with van der Waals surface area (Å²) in [5.41, 5.74) is 1.15. The van der Waals surface area contributed by atoms with Gasteiger partial charge in [-0.1, -0.05) is 25.4 Å². The number of amides is 1. The first-order valence-electron chi connectivity index (χ1n) is 7.25. The zero-order chi connectivity index (χ0) is 16.1. The number of oxazole rings is 1. The molecule has 0 aliphatic heterocycles. The van der Waals surface area contributed by atoms with Gasteiger partial charge in [-0.2, -0.15) is 0 Å². The number of ether oxygens (including phenoxy) is 1. The van der Waals surface area contributed by atoms with Gasteiger partial charge in [-0.05, 0) is 31.5 Å². The van der Waals surface area contributed by atoms with E-state index in [9.17, 15) is 4.79 Å². The lowest BCUT2D eigenvalue weighted by Crippen LogP contribution is -2.12. The molecule has 1 aromatic heterocycles. The molecule has 0 saturated carbocycles. The molecule has 1 N–H and O–H groups in total. The Morgan fingerprint density at radius 3 is 2.77 bits per heavy atom. The summed E-state index contributed by atoms with van der Waals surface area (Å²) in [5.74, 6) is 1.02. The summed E-state index contributed by atoms with van der Waals surface area (Å²) in [7, 11) is 0. The van der Waals surface area contributed by atoms with Gasteiger partial charge in [0, 0.05) is 12.1 Å². The van der Waals surface area contributed by atoms with E-state index in [1.54, 1.807) is 25.1 Å². The minimum Gasteiger partial charge on any atom is -0.492 e. The number of nitrogens with one attached hydrogen (secondary N) is 1. The summed E-state index contributed by atoms with van der Waals surface area (Å²) in [5, 5.41) is 3.20. The van der Waals surface area contributed by atoms with Crippen LogP contribution in [0.25, 0.3) is 0 Å². The first-order valence-corrected chi connectivity index (χ1v) is 7.63. The van der Waals surface area contributed by atoms with E-state index in [2.05, 4.69) is 10.3 Å². The minimum atomic E-state index is -0.344. The summed E-state index contributed by atoms with van der Waals surface area (Å²) < 4.78 is 10.9. The smallest absolute Gasteiger partial charge is 0.293 e. The van der Waals surface area contributed by atoms with Crippen molar-refractivity contribution in [3.8, 4) is 5.75 Å². The fourth-order valence-corrected chi connectivity index (χ4v) is 2.14. The van der Waals surface area contributed by atoms with Crippen molar-refractivity contribution in [2.75, 3.05) is 11.9 Å². The average Bonchev–Trinajstić information content (AvgIpc) is 2.88. The predicted molar refractivity (Wildman–Crippen MR) is 85.8 cm³/mol. The van der Waals surface area contributed by atoms with Crippen molar-refractivity contribution in [2.24, 2.45) is 0 Å². The maximum absolute atomic E-state index is 12.2. The molecule has 0 fully saturated rings. The number of hydrogen-bond acceptors (Lipinski definition) is 4. The van der Waals surface area contributed by atoms with Gasteiger partial charge in [-0.25, -0.2) is 4.98 Å². The number of carbonyl (C=O) groups excluding carboxylic acids is 1. The van der Waals surface area contributed by atoms with Crippen LogP contribution in [0.4, 0.5) is 5.69 Å². The molecule has 0 saturated heterocycles. The number of halogens is 1. The average molecular weight is 323 g/mol. The van der Waals surface area contributed by atoms with Crippen molar-refractivity contribution >= 4 is 23.2 Å². The Kier molecular flexibility index (Phi) is 5.44. The van der Waals surface area contributed by atoms with Crippen LogP contribution in [0, 0.1) is 6.92 Å². The summed E-state index contributed by atoms with van der Waals surface area (Å²) >= 11 is 6.14. The molecule has 0 unspecified atom stereocenters. The van der Waals surface area contributed by atoms with E-state index < -0.39 is 0 Å². The van der Waals surface area contributed by atoms with E-state index in [4.69, 9.17) is 20.8 Å². The molecule has 0 radical (unpaired) electrons. The van der Waals surface area contributed by atoms with Crippen molar-refractivity contribution in [3.05, 3.63) is 40.6 Å². The Bertz CT molecular complexity index is 667. The number of carbonyl (C=O) groups is 1.